The lowest BCUT2D eigenvalue weighted by molar-refractivity contribution is -0.00940. The summed E-state index contributed by atoms with van der Waals surface area (Å²) in [6.45, 7) is 5.11. The highest BCUT2D eigenvalue weighted by Crippen LogP contribution is 2.22. The van der Waals surface area contributed by atoms with Crippen molar-refractivity contribution in [3.63, 3.8) is 0 Å². The molecular weight excluding hydrogens is 168 g/mol. The van der Waals surface area contributed by atoms with E-state index in [0.29, 0.717) is 19.5 Å². The fraction of sp³-hybridized carbons (Fsp3) is 0.667. The quantitative estimate of drug-likeness (QED) is 0.684. The monoisotopic (exact) mass is 182 g/mol. The zero-order valence-corrected chi connectivity index (χ0v) is 7.92. The van der Waals surface area contributed by atoms with Crippen molar-refractivity contribution in [3.8, 4) is 0 Å². The van der Waals surface area contributed by atoms with Crippen LogP contribution in [0, 0.1) is 13.8 Å². The molecule has 0 spiro atoms. The van der Waals surface area contributed by atoms with Crippen LogP contribution in [0.1, 0.15) is 17.0 Å². The van der Waals surface area contributed by atoms with Gasteiger partial charge in [0.05, 0.1) is 11.3 Å². The van der Waals surface area contributed by atoms with Crippen LogP contribution in [0.3, 0.4) is 0 Å². The first kappa shape index (κ1) is 8.72. The largest absolute Gasteiger partial charge is 0.387 e. The van der Waals surface area contributed by atoms with Crippen molar-refractivity contribution in [1.29, 1.82) is 0 Å². The third kappa shape index (κ3) is 1.47. The van der Waals surface area contributed by atoms with Gasteiger partial charge < -0.3 is 14.9 Å². The maximum Gasteiger partial charge on any atom is 0.137 e. The van der Waals surface area contributed by atoms with Crippen LogP contribution in [0.25, 0.3) is 0 Å². The number of nitrogens with one attached hydrogen (secondary N) is 1. The molecule has 72 valence electrons. The molecule has 1 aromatic rings. The van der Waals surface area contributed by atoms with Crippen molar-refractivity contribution in [3.05, 3.63) is 17.0 Å². The number of hydrogen-bond donors (Lipinski definition) is 2. The standard InChI is InChI=1S/C9H14N2O2/c1-6-8(7(2)13-11-6)3-9(12)4-10-5-9/h10,12H,3-5H2,1-2H3. The lowest BCUT2D eigenvalue weighted by Gasteiger charge is -2.37. The average molecular weight is 182 g/mol. The van der Waals surface area contributed by atoms with Gasteiger partial charge in [-0.1, -0.05) is 5.16 Å². The van der Waals surface area contributed by atoms with Gasteiger partial charge in [0.1, 0.15) is 5.76 Å². The molecule has 1 aromatic heterocycles. The molecule has 4 nitrogen and oxygen atoms in total. The van der Waals surface area contributed by atoms with Crippen LogP contribution >= 0.6 is 0 Å². The van der Waals surface area contributed by atoms with E-state index in [1.165, 1.54) is 0 Å². The predicted octanol–water partition coefficient (Wildman–Crippen LogP) is 0.168. The predicted molar refractivity (Wildman–Crippen MR) is 47.5 cm³/mol. The molecule has 0 atom stereocenters. The van der Waals surface area contributed by atoms with E-state index in [-0.39, 0.29) is 0 Å². The average Bonchev–Trinajstić information content (AvgIpc) is 2.33. The van der Waals surface area contributed by atoms with Gasteiger partial charge in [-0.3, -0.25) is 0 Å². The molecule has 4 heteroatoms. The number of aromatic nitrogens is 1. The van der Waals surface area contributed by atoms with Gasteiger partial charge in [0.25, 0.3) is 0 Å². The zero-order valence-electron chi connectivity index (χ0n) is 7.92. The Labute approximate surface area is 76.9 Å². The molecule has 1 aliphatic heterocycles. The lowest BCUT2D eigenvalue weighted by atomic mass is 9.88. The van der Waals surface area contributed by atoms with Crippen LogP contribution in [-0.4, -0.2) is 29.0 Å². The summed E-state index contributed by atoms with van der Waals surface area (Å²) in [4.78, 5) is 0. The van der Waals surface area contributed by atoms with Crippen LogP contribution in [0.5, 0.6) is 0 Å². The molecule has 0 aromatic carbocycles. The van der Waals surface area contributed by atoms with Crippen LogP contribution in [0.4, 0.5) is 0 Å². The third-order valence-electron chi connectivity index (χ3n) is 2.60. The summed E-state index contributed by atoms with van der Waals surface area (Å²) in [5.41, 5.74) is 1.35. The highest BCUT2D eigenvalue weighted by atomic mass is 16.5. The topological polar surface area (TPSA) is 58.3 Å². The van der Waals surface area contributed by atoms with E-state index in [9.17, 15) is 5.11 Å². The second-order valence-electron chi connectivity index (χ2n) is 3.81. The summed E-state index contributed by atoms with van der Waals surface area (Å²) in [6, 6.07) is 0. The summed E-state index contributed by atoms with van der Waals surface area (Å²) in [7, 11) is 0. The van der Waals surface area contributed by atoms with E-state index >= 15 is 0 Å². The lowest BCUT2D eigenvalue weighted by Crippen LogP contribution is -2.60. The van der Waals surface area contributed by atoms with E-state index in [0.717, 1.165) is 17.0 Å². The summed E-state index contributed by atoms with van der Waals surface area (Å²) in [5.74, 6) is 0.817. The van der Waals surface area contributed by atoms with Gasteiger partial charge in [0.15, 0.2) is 0 Å². The molecule has 0 aliphatic carbocycles. The summed E-state index contributed by atoms with van der Waals surface area (Å²) in [6.07, 6.45) is 0.640. The fourth-order valence-electron chi connectivity index (χ4n) is 1.62. The molecule has 0 radical (unpaired) electrons. The molecule has 2 heterocycles. The Morgan fingerprint density at radius 3 is 2.62 bits per heavy atom. The van der Waals surface area contributed by atoms with Gasteiger partial charge >= 0.3 is 0 Å². The van der Waals surface area contributed by atoms with Crippen LogP contribution in [0.15, 0.2) is 4.52 Å². The van der Waals surface area contributed by atoms with E-state index in [1.807, 2.05) is 13.8 Å². The van der Waals surface area contributed by atoms with E-state index in [4.69, 9.17) is 4.52 Å². The summed E-state index contributed by atoms with van der Waals surface area (Å²) in [5, 5.41) is 16.8. The maximum atomic E-state index is 9.90. The van der Waals surface area contributed by atoms with Crippen molar-refractivity contribution in [2.45, 2.75) is 25.9 Å². The molecule has 0 saturated carbocycles. The number of aliphatic hydroxyl groups is 1. The van der Waals surface area contributed by atoms with Gasteiger partial charge in [-0.05, 0) is 13.8 Å². The van der Waals surface area contributed by atoms with Crippen molar-refractivity contribution >= 4 is 0 Å². The second kappa shape index (κ2) is 2.82. The van der Waals surface area contributed by atoms with Crippen molar-refractivity contribution in [2.24, 2.45) is 0 Å². The van der Waals surface area contributed by atoms with Gasteiger partial charge in [-0.2, -0.15) is 0 Å². The van der Waals surface area contributed by atoms with Gasteiger partial charge in [0, 0.05) is 25.1 Å². The van der Waals surface area contributed by atoms with Gasteiger partial charge in [-0.15, -0.1) is 0 Å². The van der Waals surface area contributed by atoms with Gasteiger partial charge in [0.2, 0.25) is 0 Å². The number of nitrogens with zero attached hydrogens (tertiary/aromatic N) is 1. The fourth-order valence-corrected chi connectivity index (χ4v) is 1.62. The molecule has 1 saturated heterocycles. The van der Waals surface area contributed by atoms with Gasteiger partial charge in [-0.25, -0.2) is 0 Å². The Hall–Kier alpha value is -0.870. The minimum absolute atomic E-state index is 0.582. The normalized spacial score (nSPS) is 19.9. The first-order valence-corrected chi connectivity index (χ1v) is 4.46. The molecule has 0 bridgehead atoms. The number of aryl methyl sites for hydroxylation is 2. The Morgan fingerprint density at radius 2 is 2.23 bits per heavy atom. The Kier molecular flexibility index (Phi) is 1.89. The highest BCUT2D eigenvalue weighted by Gasteiger charge is 2.35. The minimum Gasteiger partial charge on any atom is -0.387 e. The molecule has 1 fully saturated rings. The smallest absolute Gasteiger partial charge is 0.137 e. The van der Waals surface area contributed by atoms with E-state index < -0.39 is 5.60 Å². The zero-order chi connectivity index (χ0) is 9.47. The van der Waals surface area contributed by atoms with Crippen LogP contribution in [-0.2, 0) is 6.42 Å². The van der Waals surface area contributed by atoms with E-state index in [2.05, 4.69) is 10.5 Å². The first-order valence-electron chi connectivity index (χ1n) is 4.46. The Morgan fingerprint density at radius 1 is 1.54 bits per heavy atom. The first-order chi connectivity index (χ1) is 6.11. The second-order valence-corrected chi connectivity index (χ2v) is 3.81. The number of hydrogen-bond acceptors (Lipinski definition) is 4. The molecule has 2 rings (SSSR count). The van der Waals surface area contributed by atoms with Crippen molar-refractivity contribution < 1.29 is 9.63 Å². The maximum absolute atomic E-state index is 9.90. The van der Waals surface area contributed by atoms with E-state index in [1.54, 1.807) is 0 Å². The highest BCUT2D eigenvalue weighted by molar-refractivity contribution is 5.24. The van der Waals surface area contributed by atoms with Crippen LogP contribution in [0.2, 0.25) is 0 Å². The van der Waals surface area contributed by atoms with Crippen LogP contribution < -0.4 is 5.32 Å². The number of β-amino-alcohol motifs (C(OH)–C–C–N with tert-alkyl or cyclic N) is 1. The Bertz CT molecular complexity index is 296. The third-order valence-corrected chi connectivity index (χ3v) is 2.60. The molecule has 1 aliphatic rings. The molecule has 13 heavy (non-hydrogen) atoms. The molecule has 0 amide bonds. The minimum atomic E-state index is -0.582. The number of rotatable bonds is 2. The van der Waals surface area contributed by atoms with Crippen molar-refractivity contribution in [1.82, 2.24) is 10.5 Å². The summed E-state index contributed by atoms with van der Waals surface area (Å²) < 4.78 is 5.03. The van der Waals surface area contributed by atoms with Crippen molar-refractivity contribution in [2.75, 3.05) is 13.1 Å². The molecule has 0 unspecified atom stereocenters. The summed E-state index contributed by atoms with van der Waals surface area (Å²) >= 11 is 0. The SMILES string of the molecule is Cc1noc(C)c1CC1(O)CNC1. The molecular formula is C9H14N2O2. The Balaban J connectivity index is 2.17. The molecule has 2 N–H and O–H groups in total.